The molecule has 2 heterocycles. The summed E-state index contributed by atoms with van der Waals surface area (Å²) >= 11 is 0. The summed E-state index contributed by atoms with van der Waals surface area (Å²) in [6.45, 7) is 8.09. The number of rotatable bonds is 6. The van der Waals surface area contributed by atoms with E-state index in [2.05, 4.69) is 46.0 Å². The minimum Gasteiger partial charge on any atom is -0.496 e. The van der Waals surface area contributed by atoms with Gasteiger partial charge in [-0.15, -0.1) is 0 Å². The Labute approximate surface area is 198 Å². The summed E-state index contributed by atoms with van der Waals surface area (Å²) in [6, 6.07) is 8.51. The topological polar surface area (TPSA) is 96.6 Å². The molecular formula is C25H29FN6O2. The molecule has 178 valence electrons. The molecule has 3 aromatic rings. The third-order valence-electron chi connectivity index (χ3n) is 6.03. The van der Waals surface area contributed by atoms with Crippen LogP contribution in [0.25, 0.3) is 11.3 Å². The number of hydrogen-bond acceptors (Lipinski definition) is 7. The fourth-order valence-electron chi connectivity index (χ4n) is 4.39. The number of amides is 1. The summed E-state index contributed by atoms with van der Waals surface area (Å²) in [5, 5.41) is 3.18. The van der Waals surface area contributed by atoms with Gasteiger partial charge in [-0.25, -0.2) is 14.4 Å². The Kier molecular flexibility index (Phi) is 6.65. The van der Waals surface area contributed by atoms with Crippen LogP contribution < -0.4 is 20.7 Å². The van der Waals surface area contributed by atoms with Gasteiger partial charge in [0.1, 0.15) is 11.6 Å². The molecule has 0 saturated carbocycles. The van der Waals surface area contributed by atoms with Crippen molar-refractivity contribution >= 4 is 23.1 Å². The molecule has 34 heavy (non-hydrogen) atoms. The van der Waals surface area contributed by atoms with Crippen LogP contribution in [0.2, 0.25) is 0 Å². The SMILES string of the molecule is COc1cccc(F)c1-c1cnc(C(N)=O)c(Nc2cc(C)c(N3CCN(C)CC3)c(C)c2)n1. The van der Waals surface area contributed by atoms with Gasteiger partial charge >= 0.3 is 0 Å². The molecule has 1 amide bonds. The number of benzene rings is 2. The highest BCUT2D eigenvalue weighted by Gasteiger charge is 2.21. The standard InChI is InChI=1S/C25H29FN6O2/c1-15-12-17(13-16(2)23(15)32-10-8-31(3)9-11-32)29-25-22(24(27)33)28-14-19(30-25)21-18(26)6-5-7-20(21)34-4/h5-7,12-14H,8-11H2,1-4H3,(H2,27,33)(H,29,30). The highest BCUT2D eigenvalue weighted by molar-refractivity contribution is 5.96. The van der Waals surface area contributed by atoms with Gasteiger partial charge in [-0.1, -0.05) is 6.07 Å². The van der Waals surface area contributed by atoms with E-state index < -0.39 is 11.7 Å². The van der Waals surface area contributed by atoms with Crippen molar-refractivity contribution in [1.29, 1.82) is 0 Å². The number of carbonyl (C=O) groups is 1. The summed E-state index contributed by atoms with van der Waals surface area (Å²) in [5.74, 6) is -0.768. The molecule has 1 aromatic heterocycles. The van der Waals surface area contributed by atoms with Crippen molar-refractivity contribution in [2.75, 3.05) is 50.6 Å². The zero-order valence-electron chi connectivity index (χ0n) is 19.9. The van der Waals surface area contributed by atoms with Crippen molar-refractivity contribution in [3.8, 4) is 17.0 Å². The lowest BCUT2D eigenvalue weighted by Crippen LogP contribution is -2.45. The Morgan fingerprint density at radius 2 is 1.82 bits per heavy atom. The minimum absolute atomic E-state index is 0.0301. The number of piperazine rings is 1. The van der Waals surface area contributed by atoms with Gasteiger partial charge < -0.3 is 25.6 Å². The first kappa shape index (κ1) is 23.4. The molecule has 2 aromatic carbocycles. The molecule has 0 bridgehead atoms. The van der Waals surface area contributed by atoms with E-state index in [-0.39, 0.29) is 22.8 Å². The van der Waals surface area contributed by atoms with E-state index in [9.17, 15) is 9.18 Å². The number of aromatic nitrogens is 2. The third kappa shape index (κ3) is 4.65. The molecule has 0 unspecified atom stereocenters. The number of primary amides is 1. The van der Waals surface area contributed by atoms with Gasteiger partial charge in [0, 0.05) is 37.6 Å². The first-order valence-electron chi connectivity index (χ1n) is 11.1. The van der Waals surface area contributed by atoms with E-state index in [1.165, 1.54) is 25.1 Å². The maximum absolute atomic E-state index is 14.6. The first-order chi connectivity index (χ1) is 16.3. The van der Waals surface area contributed by atoms with Crippen molar-refractivity contribution < 1.29 is 13.9 Å². The van der Waals surface area contributed by atoms with Crippen molar-refractivity contribution in [2.45, 2.75) is 13.8 Å². The molecule has 9 heteroatoms. The minimum atomic E-state index is -0.732. The molecule has 0 aliphatic carbocycles. The van der Waals surface area contributed by atoms with Gasteiger partial charge in [0.2, 0.25) is 0 Å². The summed E-state index contributed by atoms with van der Waals surface area (Å²) in [4.78, 5) is 25.4. The van der Waals surface area contributed by atoms with Crippen LogP contribution in [0.4, 0.5) is 21.6 Å². The van der Waals surface area contributed by atoms with Crippen molar-refractivity contribution in [1.82, 2.24) is 14.9 Å². The summed E-state index contributed by atoms with van der Waals surface area (Å²) in [7, 11) is 3.59. The number of carbonyl (C=O) groups excluding carboxylic acids is 1. The lowest BCUT2D eigenvalue weighted by molar-refractivity contribution is 0.0996. The largest absolute Gasteiger partial charge is 0.496 e. The zero-order valence-corrected chi connectivity index (χ0v) is 19.9. The van der Waals surface area contributed by atoms with Crippen LogP contribution in [0.1, 0.15) is 21.6 Å². The predicted octanol–water partition coefficient (Wildman–Crippen LogP) is 3.50. The quantitative estimate of drug-likeness (QED) is 0.576. The van der Waals surface area contributed by atoms with E-state index in [4.69, 9.17) is 10.5 Å². The highest BCUT2D eigenvalue weighted by Crippen LogP contribution is 2.34. The second-order valence-electron chi connectivity index (χ2n) is 8.51. The molecule has 1 saturated heterocycles. The average Bonchev–Trinajstić information content (AvgIpc) is 2.79. The van der Waals surface area contributed by atoms with Gasteiger partial charge in [-0.05, 0) is 56.3 Å². The summed E-state index contributed by atoms with van der Waals surface area (Å²) < 4.78 is 19.9. The fourth-order valence-corrected chi connectivity index (χ4v) is 4.39. The molecule has 1 aliphatic heterocycles. The number of methoxy groups -OCH3 is 1. The Hall–Kier alpha value is -3.72. The third-order valence-corrected chi connectivity index (χ3v) is 6.03. The van der Waals surface area contributed by atoms with Crippen molar-refractivity contribution in [2.24, 2.45) is 5.73 Å². The van der Waals surface area contributed by atoms with Gasteiger partial charge in [0.15, 0.2) is 11.5 Å². The number of ether oxygens (including phenoxy) is 1. The van der Waals surface area contributed by atoms with Crippen LogP contribution in [0.15, 0.2) is 36.5 Å². The Morgan fingerprint density at radius 3 is 2.44 bits per heavy atom. The molecule has 1 aliphatic rings. The van der Waals surface area contributed by atoms with Crippen LogP contribution in [0, 0.1) is 19.7 Å². The summed E-state index contributed by atoms with van der Waals surface area (Å²) in [6.07, 6.45) is 1.32. The molecule has 0 radical (unpaired) electrons. The maximum Gasteiger partial charge on any atom is 0.271 e. The van der Waals surface area contributed by atoms with Gasteiger partial charge in [-0.3, -0.25) is 4.79 Å². The number of likely N-dealkylation sites (N-methyl/N-ethyl adjacent to an activating group) is 1. The van der Waals surface area contributed by atoms with Crippen molar-refractivity contribution in [3.05, 3.63) is 59.2 Å². The lowest BCUT2D eigenvalue weighted by Gasteiger charge is -2.36. The Bertz CT molecular complexity index is 1200. The van der Waals surface area contributed by atoms with E-state index in [0.29, 0.717) is 5.75 Å². The van der Waals surface area contributed by atoms with Crippen LogP contribution >= 0.6 is 0 Å². The number of nitrogens with one attached hydrogen (secondary N) is 1. The second kappa shape index (κ2) is 9.64. The van der Waals surface area contributed by atoms with Crippen LogP contribution in [0.5, 0.6) is 5.75 Å². The average molecular weight is 465 g/mol. The van der Waals surface area contributed by atoms with Crippen LogP contribution in [-0.4, -0.2) is 61.1 Å². The summed E-state index contributed by atoms with van der Waals surface area (Å²) in [5.41, 5.74) is 10.1. The monoisotopic (exact) mass is 464 g/mol. The van der Waals surface area contributed by atoms with E-state index in [1.807, 2.05) is 12.1 Å². The number of halogens is 1. The maximum atomic E-state index is 14.6. The number of anilines is 3. The molecule has 0 atom stereocenters. The molecule has 1 fully saturated rings. The van der Waals surface area contributed by atoms with Crippen LogP contribution in [-0.2, 0) is 0 Å². The fraction of sp³-hybridized carbons (Fsp3) is 0.320. The number of aryl methyl sites for hydroxylation is 2. The smallest absolute Gasteiger partial charge is 0.271 e. The van der Waals surface area contributed by atoms with Gasteiger partial charge in [0.05, 0.1) is 24.6 Å². The lowest BCUT2D eigenvalue weighted by atomic mass is 10.1. The Morgan fingerprint density at radius 1 is 1.15 bits per heavy atom. The zero-order chi connectivity index (χ0) is 24.4. The highest BCUT2D eigenvalue weighted by atomic mass is 19.1. The molecule has 8 nitrogen and oxygen atoms in total. The molecule has 3 N–H and O–H groups in total. The van der Waals surface area contributed by atoms with E-state index in [1.54, 1.807) is 12.1 Å². The van der Waals surface area contributed by atoms with Gasteiger partial charge in [-0.2, -0.15) is 0 Å². The van der Waals surface area contributed by atoms with E-state index in [0.717, 1.165) is 43.0 Å². The predicted molar refractivity (Wildman–Crippen MR) is 131 cm³/mol. The second-order valence-corrected chi connectivity index (χ2v) is 8.51. The normalized spacial score (nSPS) is 14.2. The van der Waals surface area contributed by atoms with Gasteiger partial charge in [0.25, 0.3) is 5.91 Å². The number of nitrogens with zero attached hydrogens (tertiary/aromatic N) is 4. The number of hydrogen-bond donors (Lipinski definition) is 2. The van der Waals surface area contributed by atoms with Crippen molar-refractivity contribution in [3.63, 3.8) is 0 Å². The number of nitrogens with two attached hydrogens (primary N) is 1. The first-order valence-corrected chi connectivity index (χ1v) is 11.1. The Balaban J connectivity index is 1.71. The molecule has 0 spiro atoms. The van der Waals surface area contributed by atoms with Crippen LogP contribution in [0.3, 0.4) is 0 Å². The van der Waals surface area contributed by atoms with E-state index >= 15 is 0 Å². The molecular weight excluding hydrogens is 435 g/mol. The molecule has 4 rings (SSSR count).